The Hall–Kier alpha value is -2.11. The van der Waals surface area contributed by atoms with E-state index in [1.807, 2.05) is 0 Å². The Bertz CT molecular complexity index is 824. The lowest BCUT2D eigenvalue weighted by Crippen LogP contribution is -2.14. The molecule has 0 saturated heterocycles. The van der Waals surface area contributed by atoms with Gasteiger partial charge >= 0.3 is 0 Å². The third-order valence-corrected chi connectivity index (χ3v) is 5.10. The van der Waals surface area contributed by atoms with Gasteiger partial charge in [0.2, 0.25) is 0 Å². The molecule has 0 spiro atoms. The fourth-order valence-electron chi connectivity index (χ4n) is 3.45. The van der Waals surface area contributed by atoms with E-state index in [4.69, 9.17) is 4.52 Å². The molecule has 3 rings (SSSR count). The summed E-state index contributed by atoms with van der Waals surface area (Å²) >= 11 is 0. The highest BCUT2D eigenvalue weighted by Gasteiger charge is 2.25. The standard InChI is InChI=1S/C24H27OP/c1-17-15-20(24(2,3)4)16-21(23(17)25-26)22(18-11-7-5-8-12-18)19-13-9-6-10-14-19/h5-16,22H,26H2,1-4H3. The van der Waals surface area contributed by atoms with Gasteiger partial charge in [0, 0.05) is 11.5 Å². The third kappa shape index (κ3) is 3.84. The molecular weight excluding hydrogens is 335 g/mol. The maximum absolute atomic E-state index is 5.78. The molecule has 0 bridgehead atoms. The van der Waals surface area contributed by atoms with Crippen molar-refractivity contribution in [1.82, 2.24) is 0 Å². The van der Waals surface area contributed by atoms with Crippen LogP contribution in [0.3, 0.4) is 0 Å². The number of hydrogen-bond acceptors (Lipinski definition) is 1. The van der Waals surface area contributed by atoms with E-state index in [2.05, 4.69) is 110 Å². The predicted octanol–water partition coefficient (Wildman–Crippen LogP) is 6.64. The van der Waals surface area contributed by atoms with Gasteiger partial charge < -0.3 is 4.52 Å². The first-order valence-electron chi connectivity index (χ1n) is 9.03. The molecule has 134 valence electrons. The van der Waals surface area contributed by atoms with Gasteiger partial charge in [-0.05, 0) is 34.6 Å². The van der Waals surface area contributed by atoms with Crippen molar-refractivity contribution in [3.05, 3.63) is 101 Å². The van der Waals surface area contributed by atoms with Crippen LogP contribution in [0.5, 0.6) is 5.75 Å². The van der Waals surface area contributed by atoms with E-state index < -0.39 is 0 Å². The molecule has 0 amide bonds. The molecule has 1 nitrogen and oxygen atoms in total. The van der Waals surface area contributed by atoms with Crippen molar-refractivity contribution < 1.29 is 4.52 Å². The van der Waals surface area contributed by atoms with Gasteiger partial charge in [-0.1, -0.05) is 93.6 Å². The van der Waals surface area contributed by atoms with Gasteiger partial charge in [-0.15, -0.1) is 0 Å². The molecule has 0 heterocycles. The first-order valence-corrected chi connectivity index (χ1v) is 9.50. The smallest absolute Gasteiger partial charge is 0.129 e. The minimum absolute atomic E-state index is 0.0802. The summed E-state index contributed by atoms with van der Waals surface area (Å²) in [6, 6.07) is 25.9. The third-order valence-electron chi connectivity index (χ3n) is 4.86. The van der Waals surface area contributed by atoms with Gasteiger partial charge in [0.25, 0.3) is 0 Å². The maximum Gasteiger partial charge on any atom is 0.129 e. The fourth-order valence-corrected chi connectivity index (χ4v) is 3.77. The zero-order chi connectivity index (χ0) is 18.7. The molecule has 0 saturated carbocycles. The van der Waals surface area contributed by atoms with Crippen LogP contribution in [0, 0.1) is 6.92 Å². The highest BCUT2D eigenvalue weighted by molar-refractivity contribution is 7.10. The quantitative estimate of drug-likeness (QED) is 0.373. The summed E-state index contributed by atoms with van der Waals surface area (Å²) in [6.07, 6.45) is 0. The zero-order valence-electron chi connectivity index (χ0n) is 16.0. The SMILES string of the molecule is Cc1cc(C(C)(C)C)cc(C(c2ccccc2)c2ccccc2)c1OP. The van der Waals surface area contributed by atoms with E-state index in [-0.39, 0.29) is 11.3 Å². The Morgan fingerprint density at radius 2 is 1.31 bits per heavy atom. The lowest BCUT2D eigenvalue weighted by Gasteiger charge is -2.27. The van der Waals surface area contributed by atoms with Crippen LogP contribution < -0.4 is 4.52 Å². The molecule has 0 aliphatic rings. The summed E-state index contributed by atoms with van der Waals surface area (Å²) in [5.41, 5.74) is 6.32. The summed E-state index contributed by atoms with van der Waals surface area (Å²) in [5.74, 6) is 1.08. The number of benzene rings is 3. The van der Waals surface area contributed by atoms with E-state index in [1.54, 1.807) is 0 Å². The van der Waals surface area contributed by atoms with Gasteiger partial charge in [0.05, 0.1) is 9.47 Å². The van der Waals surface area contributed by atoms with Crippen molar-refractivity contribution in [2.75, 3.05) is 0 Å². The first kappa shape index (κ1) is 18.7. The maximum atomic E-state index is 5.78. The predicted molar refractivity (Wildman–Crippen MR) is 114 cm³/mol. The summed E-state index contributed by atoms with van der Waals surface area (Å²) < 4.78 is 5.78. The highest BCUT2D eigenvalue weighted by Crippen LogP contribution is 2.42. The van der Waals surface area contributed by atoms with E-state index in [0.29, 0.717) is 0 Å². The molecule has 3 aromatic carbocycles. The summed E-state index contributed by atoms with van der Waals surface area (Å²) in [5, 5.41) is 0. The van der Waals surface area contributed by atoms with Crippen molar-refractivity contribution in [2.45, 2.75) is 39.0 Å². The molecule has 3 aromatic rings. The Kier molecular flexibility index (Phi) is 5.49. The Morgan fingerprint density at radius 1 is 0.808 bits per heavy atom. The molecule has 1 atom stereocenters. The second-order valence-corrected chi connectivity index (χ2v) is 8.07. The Labute approximate surface area is 159 Å². The van der Waals surface area contributed by atoms with Crippen molar-refractivity contribution in [1.29, 1.82) is 0 Å². The summed E-state index contributed by atoms with van der Waals surface area (Å²) in [4.78, 5) is 0. The van der Waals surface area contributed by atoms with E-state index in [9.17, 15) is 0 Å². The minimum Gasteiger partial charge on any atom is -0.480 e. The van der Waals surface area contributed by atoms with Crippen LogP contribution in [-0.2, 0) is 5.41 Å². The van der Waals surface area contributed by atoms with Crippen LogP contribution in [-0.4, -0.2) is 0 Å². The summed E-state index contributed by atoms with van der Waals surface area (Å²) in [7, 11) is 2.43. The molecule has 26 heavy (non-hydrogen) atoms. The Balaban J connectivity index is 2.29. The van der Waals surface area contributed by atoms with Gasteiger partial charge in [-0.3, -0.25) is 0 Å². The molecule has 0 aliphatic carbocycles. The Morgan fingerprint density at radius 3 is 1.73 bits per heavy atom. The molecule has 0 N–H and O–H groups in total. The van der Waals surface area contributed by atoms with Crippen LogP contribution in [0.2, 0.25) is 0 Å². The van der Waals surface area contributed by atoms with E-state index in [1.165, 1.54) is 27.8 Å². The molecule has 0 aliphatic heterocycles. The summed E-state index contributed by atoms with van der Waals surface area (Å²) in [6.45, 7) is 8.90. The van der Waals surface area contributed by atoms with Crippen LogP contribution in [0.4, 0.5) is 0 Å². The minimum atomic E-state index is 0.0802. The molecule has 2 heteroatoms. The number of hydrogen-bond donors (Lipinski definition) is 0. The lowest BCUT2D eigenvalue weighted by atomic mass is 9.79. The highest BCUT2D eigenvalue weighted by atomic mass is 31.0. The van der Waals surface area contributed by atoms with Crippen molar-refractivity contribution >= 4 is 9.47 Å². The number of aryl methyl sites for hydroxylation is 1. The molecule has 0 aromatic heterocycles. The monoisotopic (exact) mass is 362 g/mol. The molecule has 0 fully saturated rings. The lowest BCUT2D eigenvalue weighted by molar-refractivity contribution is 0.580. The van der Waals surface area contributed by atoms with Crippen LogP contribution in [0.1, 0.15) is 54.5 Å². The van der Waals surface area contributed by atoms with Crippen LogP contribution >= 0.6 is 9.47 Å². The van der Waals surface area contributed by atoms with E-state index in [0.717, 1.165) is 5.75 Å². The van der Waals surface area contributed by atoms with Gasteiger partial charge in [0.15, 0.2) is 0 Å². The first-order chi connectivity index (χ1) is 12.4. The van der Waals surface area contributed by atoms with Crippen molar-refractivity contribution in [2.24, 2.45) is 0 Å². The van der Waals surface area contributed by atoms with Gasteiger partial charge in [-0.25, -0.2) is 0 Å². The second kappa shape index (κ2) is 7.64. The van der Waals surface area contributed by atoms with Crippen LogP contribution in [0.25, 0.3) is 0 Å². The van der Waals surface area contributed by atoms with Crippen molar-refractivity contribution in [3.8, 4) is 5.75 Å². The normalized spacial score (nSPS) is 11.6. The zero-order valence-corrected chi connectivity index (χ0v) is 17.1. The topological polar surface area (TPSA) is 9.23 Å². The molecule has 1 unspecified atom stereocenters. The van der Waals surface area contributed by atoms with Gasteiger partial charge in [0.1, 0.15) is 5.75 Å². The van der Waals surface area contributed by atoms with Crippen LogP contribution in [0.15, 0.2) is 72.8 Å². The van der Waals surface area contributed by atoms with Gasteiger partial charge in [-0.2, -0.15) is 0 Å². The average Bonchev–Trinajstić information content (AvgIpc) is 2.63. The fraction of sp³-hybridized carbons (Fsp3) is 0.250. The van der Waals surface area contributed by atoms with Crippen molar-refractivity contribution in [3.63, 3.8) is 0 Å². The average molecular weight is 362 g/mol. The largest absolute Gasteiger partial charge is 0.480 e. The number of rotatable bonds is 4. The second-order valence-electron chi connectivity index (χ2n) is 7.83. The molecule has 0 radical (unpaired) electrons. The molecular formula is C24H27OP. The van der Waals surface area contributed by atoms with E-state index >= 15 is 0 Å².